The zero-order valence-electron chi connectivity index (χ0n) is 7.37. The number of carbonyl (C=O) groups is 2. The van der Waals surface area contributed by atoms with Gasteiger partial charge in [-0.15, -0.1) is 11.3 Å². The van der Waals surface area contributed by atoms with Crippen LogP contribution in [-0.2, 0) is 4.79 Å². The van der Waals surface area contributed by atoms with Crippen LogP contribution in [0.25, 0.3) is 6.08 Å². The summed E-state index contributed by atoms with van der Waals surface area (Å²) in [6.07, 6.45) is 1.74. The maximum absolute atomic E-state index is 11.2. The van der Waals surface area contributed by atoms with Gasteiger partial charge in [-0.1, -0.05) is 0 Å². The predicted octanol–water partition coefficient (Wildman–Crippen LogP) is 2.38. The Morgan fingerprint density at radius 3 is 2.64 bits per heavy atom. The highest BCUT2D eigenvalue weighted by molar-refractivity contribution is 8.18. The molecule has 5 heteroatoms. The van der Waals surface area contributed by atoms with Crippen LogP contribution in [0, 0.1) is 6.92 Å². The third-order valence-electron chi connectivity index (χ3n) is 1.68. The third kappa shape index (κ3) is 1.88. The van der Waals surface area contributed by atoms with Crippen LogP contribution in [0.2, 0.25) is 0 Å². The lowest BCUT2D eigenvalue weighted by atomic mass is 10.4. The molecule has 0 atom stereocenters. The molecule has 14 heavy (non-hydrogen) atoms. The first kappa shape index (κ1) is 9.48. The summed E-state index contributed by atoms with van der Waals surface area (Å²) in [4.78, 5) is 24.7. The summed E-state index contributed by atoms with van der Waals surface area (Å²) in [7, 11) is 0. The van der Waals surface area contributed by atoms with Crippen molar-refractivity contribution in [3.05, 3.63) is 26.8 Å². The molecule has 2 heterocycles. The van der Waals surface area contributed by atoms with Gasteiger partial charge in [-0.3, -0.25) is 14.9 Å². The second kappa shape index (κ2) is 3.59. The minimum Gasteiger partial charge on any atom is -0.282 e. The summed E-state index contributed by atoms with van der Waals surface area (Å²) in [5.41, 5.74) is 0. The monoisotopic (exact) mass is 225 g/mol. The van der Waals surface area contributed by atoms with Crippen molar-refractivity contribution >= 4 is 40.3 Å². The van der Waals surface area contributed by atoms with Crippen molar-refractivity contribution in [2.45, 2.75) is 6.92 Å². The van der Waals surface area contributed by atoms with E-state index in [4.69, 9.17) is 0 Å². The molecule has 3 nitrogen and oxygen atoms in total. The third-order valence-corrected chi connectivity index (χ3v) is 3.43. The minimum atomic E-state index is -0.300. The van der Waals surface area contributed by atoms with Crippen molar-refractivity contribution in [3.63, 3.8) is 0 Å². The molecule has 1 aromatic rings. The van der Waals surface area contributed by atoms with E-state index >= 15 is 0 Å². The molecule has 2 amide bonds. The Hall–Kier alpha value is -1.07. The van der Waals surface area contributed by atoms with Gasteiger partial charge in [-0.05, 0) is 36.9 Å². The lowest BCUT2D eigenvalue weighted by molar-refractivity contribution is -0.115. The Bertz CT molecular complexity index is 434. The second-order valence-electron chi connectivity index (χ2n) is 2.80. The van der Waals surface area contributed by atoms with Gasteiger partial charge < -0.3 is 0 Å². The van der Waals surface area contributed by atoms with Gasteiger partial charge in [0, 0.05) is 9.75 Å². The summed E-state index contributed by atoms with van der Waals surface area (Å²) >= 11 is 2.54. The number of carbonyl (C=O) groups excluding carboxylic acids is 2. The second-order valence-corrected chi connectivity index (χ2v) is 5.13. The number of nitrogens with one attached hydrogen (secondary N) is 1. The Morgan fingerprint density at radius 1 is 1.36 bits per heavy atom. The van der Waals surface area contributed by atoms with Crippen LogP contribution in [0.15, 0.2) is 17.0 Å². The molecule has 0 saturated carbocycles. The predicted molar refractivity (Wildman–Crippen MR) is 58.2 cm³/mol. The van der Waals surface area contributed by atoms with Crippen LogP contribution in [0.5, 0.6) is 0 Å². The van der Waals surface area contributed by atoms with Crippen LogP contribution < -0.4 is 5.32 Å². The molecule has 1 fully saturated rings. The van der Waals surface area contributed by atoms with E-state index in [1.54, 1.807) is 17.4 Å². The van der Waals surface area contributed by atoms with Gasteiger partial charge in [0.05, 0.1) is 4.91 Å². The molecule has 2 rings (SSSR count). The van der Waals surface area contributed by atoms with E-state index in [-0.39, 0.29) is 11.1 Å². The summed E-state index contributed by atoms with van der Waals surface area (Å²) < 4.78 is 0. The van der Waals surface area contributed by atoms with Crippen molar-refractivity contribution in [2.75, 3.05) is 0 Å². The van der Waals surface area contributed by atoms with Crippen LogP contribution in [0.3, 0.4) is 0 Å². The highest BCUT2D eigenvalue weighted by Crippen LogP contribution is 2.27. The Labute approximate surface area is 89.2 Å². The number of thiophene rings is 1. The van der Waals surface area contributed by atoms with E-state index in [0.29, 0.717) is 4.91 Å². The van der Waals surface area contributed by atoms with Gasteiger partial charge in [0.25, 0.3) is 11.1 Å². The molecular formula is C9H7NO2S2. The average molecular weight is 225 g/mol. The number of thioether (sulfide) groups is 1. The SMILES string of the molecule is Cc1ccc(/C=C2\SC(=O)NC2=O)s1. The molecule has 0 unspecified atom stereocenters. The molecule has 0 aliphatic carbocycles. The smallest absolute Gasteiger partial charge is 0.282 e. The first-order valence-electron chi connectivity index (χ1n) is 3.96. The molecule has 0 bridgehead atoms. The maximum Gasteiger partial charge on any atom is 0.290 e. The molecule has 0 spiro atoms. The number of hydrogen-bond acceptors (Lipinski definition) is 4. The lowest BCUT2D eigenvalue weighted by Gasteiger charge is -1.87. The van der Waals surface area contributed by atoms with E-state index in [1.165, 1.54) is 4.88 Å². The van der Waals surface area contributed by atoms with E-state index in [0.717, 1.165) is 16.6 Å². The largest absolute Gasteiger partial charge is 0.290 e. The zero-order chi connectivity index (χ0) is 10.1. The molecule has 1 saturated heterocycles. The molecular weight excluding hydrogens is 218 g/mol. The standard InChI is InChI=1S/C9H7NO2S2/c1-5-2-3-6(13-5)4-7-8(11)10-9(12)14-7/h2-4H,1H3,(H,10,11,12)/b7-4-. The van der Waals surface area contributed by atoms with Crippen molar-refractivity contribution in [3.8, 4) is 0 Å². The van der Waals surface area contributed by atoms with Crippen LogP contribution in [0.1, 0.15) is 9.75 Å². The number of imide groups is 1. The summed E-state index contributed by atoms with van der Waals surface area (Å²) in [5.74, 6) is -0.300. The van der Waals surface area contributed by atoms with Gasteiger partial charge in [0.2, 0.25) is 0 Å². The van der Waals surface area contributed by atoms with Gasteiger partial charge >= 0.3 is 0 Å². The molecule has 0 radical (unpaired) electrons. The van der Waals surface area contributed by atoms with Gasteiger partial charge in [-0.25, -0.2) is 0 Å². The van der Waals surface area contributed by atoms with E-state index in [2.05, 4.69) is 5.32 Å². The van der Waals surface area contributed by atoms with E-state index < -0.39 is 0 Å². The summed E-state index contributed by atoms with van der Waals surface area (Å²) in [6.45, 7) is 2.00. The number of hydrogen-bond donors (Lipinski definition) is 1. The zero-order valence-corrected chi connectivity index (χ0v) is 9.00. The first-order chi connectivity index (χ1) is 6.65. The molecule has 72 valence electrons. The molecule has 1 aliphatic heterocycles. The van der Waals surface area contributed by atoms with Gasteiger partial charge in [-0.2, -0.15) is 0 Å². The highest BCUT2D eigenvalue weighted by Gasteiger charge is 2.24. The normalized spacial score (nSPS) is 19.1. The molecule has 1 aromatic heterocycles. The number of amides is 2. The summed E-state index contributed by atoms with van der Waals surface area (Å²) in [6, 6.07) is 3.92. The number of aryl methyl sites for hydroxylation is 1. The van der Waals surface area contributed by atoms with E-state index in [9.17, 15) is 9.59 Å². The van der Waals surface area contributed by atoms with Crippen molar-refractivity contribution in [1.29, 1.82) is 0 Å². The van der Waals surface area contributed by atoms with Crippen LogP contribution >= 0.6 is 23.1 Å². The van der Waals surface area contributed by atoms with E-state index in [1.807, 2.05) is 19.1 Å². The molecule has 1 aliphatic rings. The fraction of sp³-hybridized carbons (Fsp3) is 0.111. The van der Waals surface area contributed by atoms with Crippen molar-refractivity contribution in [1.82, 2.24) is 5.32 Å². The molecule has 0 aromatic carbocycles. The topological polar surface area (TPSA) is 46.2 Å². The fourth-order valence-electron chi connectivity index (χ4n) is 1.08. The minimum absolute atomic E-state index is 0.297. The van der Waals surface area contributed by atoms with Crippen LogP contribution in [-0.4, -0.2) is 11.1 Å². The lowest BCUT2D eigenvalue weighted by Crippen LogP contribution is -2.17. The van der Waals surface area contributed by atoms with Crippen molar-refractivity contribution in [2.24, 2.45) is 0 Å². The Kier molecular flexibility index (Phi) is 2.43. The Morgan fingerprint density at radius 2 is 2.14 bits per heavy atom. The summed E-state index contributed by atoms with van der Waals surface area (Å²) in [5, 5.41) is 1.92. The first-order valence-corrected chi connectivity index (χ1v) is 5.60. The number of rotatable bonds is 1. The average Bonchev–Trinajstić information content (AvgIpc) is 2.61. The van der Waals surface area contributed by atoms with Crippen molar-refractivity contribution < 1.29 is 9.59 Å². The van der Waals surface area contributed by atoms with Gasteiger partial charge in [0.1, 0.15) is 0 Å². The highest BCUT2D eigenvalue weighted by atomic mass is 32.2. The fourth-order valence-corrected chi connectivity index (χ4v) is 2.65. The maximum atomic E-state index is 11.2. The van der Waals surface area contributed by atoms with Gasteiger partial charge in [0.15, 0.2) is 0 Å². The molecule has 1 N–H and O–H groups in total. The van der Waals surface area contributed by atoms with Crippen LogP contribution in [0.4, 0.5) is 4.79 Å². The Balaban J connectivity index is 2.27. The quantitative estimate of drug-likeness (QED) is 0.746.